The van der Waals surface area contributed by atoms with Gasteiger partial charge in [0.2, 0.25) is 23.6 Å². The minimum absolute atomic E-state index is 0.0393. The van der Waals surface area contributed by atoms with E-state index in [1.54, 1.807) is 12.1 Å². The molecule has 0 bridgehead atoms. The number of nitrogens with zero attached hydrogens (tertiary/aromatic N) is 2. The number of hydrogen-bond acceptors (Lipinski definition) is 4. The average molecular weight is 534 g/mol. The SMILES string of the molecule is CC(C)(C)NC(=O)C(Cc1ccccc1)N(Cc1ccc(F)cc1)C(=O)CCN1C(=O)[C@H]2CC=CC[C@H]2C1=O. The number of rotatable bonds is 9. The summed E-state index contributed by atoms with van der Waals surface area (Å²) in [4.78, 5) is 56.0. The van der Waals surface area contributed by atoms with Crippen molar-refractivity contribution in [2.75, 3.05) is 6.54 Å². The Balaban J connectivity index is 1.60. The molecule has 1 aliphatic heterocycles. The van der Waals surface area contributed by atoms with Crippen molar-refractivity contribution >= 4 is 23.6 Å². The zero-order chi connectivity index (χ0) is 28.2. The van der Waals surface area contributed by atoms with Crippen molar-refractivity contribution in [1.82, 2.24) is 15.1 Å². The van der Waals surface area contributed by atoms with Crippen LogP contribution >= 0.6 is 0 Å². The van der Waals surface area contributed by atoms with E-state index in [0.29, 0.717) is 18.4 Å². The maximum atomic E-state index is 13.8. The van der Waals surface area contributed by atoms with Crippen LogP contribution in [0.3, 0.4) is 0 Å². The fourth-order valence-corrected chi connectivity index (χ4v) is 5.23. The molecule has 1 unspecified atom stereocenters. The molecule has 4 amide bonds. The normalized spacial score (nSPS) is 19.5. The third-order valence-corrected chi connectivity index (χ3v) is 7.18. The van der Waals surface area contributed by atoms with Crippen LogP contribution in [0.15, 0.2) is 66.7 Å². The minimum Gasteiger partial charge on any atom is -0.350 e. The summed E-state index contributed by atoms with van der Waals surface area (Å²) in [6.45, 7) is 5.65. The Hall–Kier alpha value is -3.81. The molecule has 1 heterocycles. The Kier molecular flexibility index (Phi) is 8.63. The smallest absolute Gasteiger partial charge is 0.243 e. The number of carbonyl (C=O) groups excluding carboxylic acids is 4. The molecular weight excluding hydrogens is 497 g/mol. The molecule has 1 aliphatic carbocycles. The van der Waals surface area contributed by atoms with Crippen LogP contribution in [0.4, 0.5) is 4.39 Å². The van der Waals surface area contributed by atoms with Gasteiger partial charge in [-0.25, -0.2) is 4.39 Å². The minimum atomic E-state index is -0.860. The molecule has 8 heteroatoms. The molecule has 2 aromatic carbocycles. The number of allylic oxidation sites excluding steroid dienone is 2. The third-order valence-electron chi connectivity index (χ3n) is 7.18. The number of fused-ring (bicyclic) bond motifs is 1. The molecule has 7 nitrogen and oxygen atoms in total. The highest BCUT2D eigenvalue weighted by molar-refractivity contribution is 6.05. The van der Waals surface area contributed by atoms with Gasteiger partial charge in [0.1, 0.15) is 11.9 Å². The molecule has 0 radical (unpaired) electrons. The van der Waals surface area contributed by atoms with Gasteiger partial charge in [-0.05, 0) is 56.9 Å². The van der Waals surface area contributed by atoms with Crippen LogP contribution < -0.4 is 5.32 Å². The van der Waals surface area contributed by atoms with Crippen molar-refractivity contribution in [2.45, 2.75) is 64.6 Å². The standard InChI is InChI=1S/C31H36FN3O4/c1-31(2,3)33-28(37)26(19-21-9-5-4-6-10-21)35(20-22-13-15-23(32)16-14-22)27(36)17-18-34-29(38)24-11-7-8-12-25(24)30(34)39/h4-10,13-16,24-26H,11-12,17-20H2,1-3H3,(H,33,37)/t24-,25+,26?. The van der Waals surface area contributed by atoms with Gasteiger partial charge in [0, 0.05) is 31.5 Å². The van der Waals surface area contributed by atoms with E-state index < -0.39 is 17.4 Å². The maximum Gasteiger partial charge on any atom is 0.243 e. The van der Waals surface area contributed by atoms with E-state index in [4.69, 9.17) is 0 Å². The summed E-state index contributed by atoms with van der Waals surface area (Å²) in [5, 5.41) is 3.00. The van der Waals surface area contributed by atoms with Crippen molar-refractivity contribution in [2.24, 2.45) is 11.8 Å². The highest BCUT2D eigenvalue weighted by atomic mass is 19.1. The quantitative estimate of drug-likeness (QED) is 0.390. The Morgan fingerprint density at radius 2 is 1.54 bits per heavy atom. The first-order valence-corrected chi connectivity index (χ1v) is 13.4. The summed E-state index contributed by atoms with van der Waals surface area (Å²) in [5.41, 5.74) is 1.01. The third kappa shape index (κ3) is 6.99. The van der Waals surface area contributed by atoms with Gasteiger partial charge in [-0.3, -0.25) is 24.1 Å². The number of likely N-dealkylation sites (tertiary alicyclic amines) is 1. The molecule has 206 valence electrons. The molecule has 3 atom stereocenters. The van der Waals surface area contributed by atoms with Gasteiger partial charge < -0.3 is 10.2 Å². The molecular formula is C31H36FN3O4. The van der Waals surface area contributed by atoms with Gasteiger partial charge in [-0.1, -0.05) is 54.6 Å². The van der Waals surface area contributed by atoms with Crippen LogP contribution in [-0.2, 0) is 32.1 Å². The van der Waals surface area contributed by atoms with Crippen LogP contribution in [0.25, 0.3) is 0 Å². The predicted molar refractivity (Wildman–Crippen MR) is 145 cm³/mol. The van der Waals surface area contributed by atoms with Crippen molar-refractivity contribution in [1.29, 1.82) is 0 Å². The molecule has 0 aromatic heterocycles. The first kappa shape index (κ1) is 28.2. The lowest BCUT2D eigenvalue weighted by molar-refractivity contribution is -0.144. The van der Waals surface area contributed by atoms with Crippen LogP contribution in [-0.4, -0.2) is 51.6 Å². The Morgan fingerprint density at radius 3 is 2.10 bits per heavy atom. The molecule has 1 N–H and O–H groups in total. The fraction of sp³-hybridized carbons (Fsp3) is 0.419. The molecule has 2 aliphatic rings. The highest BCUT2D eigenvalue weighted by Crippen LogP contribution is 2.35. The Bertz CT molecular complexity index is 1210. The summed E-state index contributed by atoms with van der Waals surface area (Å²) in [6, 6.07) is 14.4. The molecule has 4 rings (SSSR count). The van der Waals surface area contributed by atoms with Crippen LogP contribution in [0.1, 0.15) is 51.2 Å². The molecule has 0 spiro atoms. The largest absolute Gasteiger partial charge is 0.350 e. The van der Waals surface area contributed by atoms with Crippen LogP contribution in [0.2, 0.25) is 0 Å². The zero-order valence-corrected chi connectivity index (χ0v) is 22.7. The topological polar surface area (TPSA) is 86.8 Å². The van der Waals surface area contributed by atoms with E-state index in [0.717, 1.165) is 5.56 Å². The molecule has 2 aromatic rings. The Morgan fingerprint density at radius 1 is 0.949 bits per heavy atom. The van der Waals surface area contributed by atoms with Crippen molar-refractivity contribution in [3.63, 3.8) is 0 Å². The second-order valence-corrected chi connectivity index (χ2v) is 11.3. The summed E-state index contributed by atoms with van der Waals surface area (Å²) in [6.07, 6.45) is 5.07. The van der Waals surface area contributed by atoms with Gasteiger partial charge in [0.05, 0.1) is 11.8 Å². The first-order chi connectivity index (χ1) is 18.5. The first-order valence-electron chi connectivity index (χ1n) is 13.4. The second-order valence-electron chi connectivity index (χ2n) is 11.3. The van der Waals surface area contributed by atoms with Crippen molar-refractivity contribution in [3.05, 3.63) is 83.7 Å². The van der Waals surface area contributed by atoms with Crippen molar-refractivity contribution < 1.29 is 23.6 Å². The number of halogens is 1. The Labute approximate surface area is 229 Å². The summed E-state index contributed by atoms with van der Waals surface area (Å²) in [7, 11) is 0. The van der Waals surface area contributed by atoms with Gasteiger partial charge >= 0.3 is 0 Å². The predicted octanol–water partition coefficient (Wildman–Crippen LogP) is 4.02. The van der Waals surface area contributed by atoms with E-state index >= 15 is 0 Å². The van der Waals surface area contributed by atoms with Gasteiger partial charge in [-0.2, -0.15) is 0 Å². The van der Waals surface area contributed by atoms with Crippen molar-refractivity contribution in [3.8, 4) is 0 Å². The van der Waals surface area contributed by atoms with Gasteiger partial charge in [-0.15, -0.1) is 0 Å². The lowest BCUT2D eigenvalue weighted by atomic mass is 9.85. The zero-order valence-electron chi connectivity index (χ0n) is 22.7. The monoisotopic (exact) mass is 533 g/mol. The summed E-state index contributed by atoms with van der Waals surface area (Å²) < 4.78 is 13.6. The summed E-state index contributed by atoms with van der Waals surface area (Å²) >= 11 is 0. The number of amides is 4. The summed E-state index contributed by atoms with van der Waals surface area (Å²) in [5.74, 6) is -2.28. The molecule has 1 saturated heterocycles. The van der Waals surface area contributed by atoms with Gasteiger partial charge in [0.15, 0.2) is 0 Å². The number of carbonyl (C=O) groups is 4. The van der Waals surface area contributed by atoms with E-state index in [2.05, 4.69) is 5.32 Å². The van der Waals surface area contributed by atoms with Crippen LogP contribution in [0, 0.1) is 17.7 Å². The lowest BCUT2D eigenvalue weighted by Crippen LogP contribution is -2.54. The lowest BCUT2D eigenvalue weighted by Gasteiger charge is -2.34. The van der Waals surface area contributed by atoms with Gasteiger partial charge in [0.25, 0.3) is 0 Å². The number of hydrogen-bond donors (Lipinski definition) is 1. The maximum absolute atomic E-state index is 13.8. The van der Waals surface area contributed by atoms with E-state index in [1.807, 2.05) is 63.3 Å². The molecule has 0 saturated carbocycles. The fourth-order valence-electron chi connectivity index (χ4n) is 5.23. The number of nitrogens with one attached hydrogen (secondary N) is 1. The van der Waals surface area contributed by atoms with E-state index in [1.165, 1.54) is 21.9 Å². The number of benzene rings is 2. The second kappa shape index (κ2) is 11.9. The molecule has 1 fully saturated rings. The highest BCUT2D eigenvalue weighted by Gasteiger charge is 2.47. The average Bonchev–Trinajstić information content (AvgIpc) is 3.14. The van der Waals surface area contributed by atoms with E-state index in [-0.39, 0.29) is 61.4 Å². The molecule has 39 heavy (non-hydrogen) atoms. The van der Waals surface area contributed by atoms with E-state index in [9.17, 15) is 23.6 Å². The van der Waals surface area contributed by atoms with Crippen LogP contribution in [0.5, 0.6) is 0 Å². The number of imide groups is 1.